The van der Waals surface area contributed by atoms with Crippen molar-refractivity contribution in [2.24, 2.45) is 5.73 Å². The van der Waals surface area contributed by atoms with Gasteiger partial charge in [0.05, 0.1) is 6.04 Å². The first-order valence-corrected chi connectivity index (χ1v) is 5.44. The molecule has 0 unspecified atom stereocenters. The van der Waals surface area contributed by atoms with Crippen molar-refractivity contribution in [3.05, 3.63) is 41.7 Å². The molecule has 0 aliphatic heterocycles. The Hall–Kier alpha value is -2.08. The number of aryl methyl sites for hydroxylation is 1. The van der Waals surface area contributed by atoms with Gasteiger partial charge in [-0.2, -0.15) is 0 Å². The molecule has 0 spiro atoms. The van der Waals surface area contributed by atoms with E-state index in [9.17, 15) is 0 Å². The second kappa shape index (κ2) is 4.84. The molecule has 17 heavy (non-hydrogen) atoms. The third-order valence-electron chi connectivity index (χ3n) is 2.67. The van der Waals surface area contributed by atoms with E-state index < -0.39 is 0 Å². The Labute approximate surface area is 99.4 Å². The van der Waals surface area contributed by atoms with Crippen molar-refractivity contribution in [3.63, 3.8) is 0 Å². The van der Waals surface area contributed by atoms with Gasteiger partial charge in [0.15, 0.2) is 5.82 Å². The first-order chi connectivity index (χ1) is 8.18. The normalized spacial score (nSPS) is 12.5. The van der Waals surface area contributed by atoms with Crippen molar-refractivity contribution in [1.82, 2.24) is 14.9 Å². The maximum atomic E-state index is 6.00. The van der Waals surface area contributed by atoms with Crippen molar-refractivity contribution in [1.29, 1.82) is 0 Å². The molecule has 1 aromatic heterocycles. The Morgan fingerprint density at radius 2 is 1.88 bits per heavy atom. The number of benzene rings is 1. The van der Waals surface area contributed by atoms with Gasteiger partial charge in [0.25, 0.3) is 0 Å². The SMILES string of the molecule is Nc1nnc([C@@H](N)CCc2ccccc2)n1N. The van der Waals surface area contributed by atoms with Gasteiger partial charge in [0, 0.05) is 0 Å². The van der Waals surface area contributed by atoms with Crippen molar-refractivity contribution in [2.75, 3.05) is 11.6 Å². The van der Waals surface area contributed by atoms with Gasteiger partial charge in [-0.1, -0.05) is 30.3 Å². The number of aromatic nitrogens is 3. The Morgan fingerprint density at radius 3 is 2.47 bits per heavy atom. The summed E-state index contributed by atoms with van der Waals surface area (Å²) in [7, 11) is 0. The van der Waals surface area contributed by atoms with Gasteiger partial charge in [0.2, 0.25) is 5.95 Å². The van der Waals surface area contributed by atoms with Crippen LogP contribution in [0, 0.1) is 0 Å². The molecule has 0 radical (unpaired) electrons. The lowest BCUT2D eigenvalue weighted by atomic mass is 10.1. The van der Waals surface area contributed by atoms with Crippen LogP contribution in [0.4, 0.5) is 5.95 Å². The van der Waals surface area contributed by atoms with Crippen LogP contribution in [0.2, 0.25) is 0 Å². The van der Waals surface area contributed by atoms with Crippen LogP contribution in [-0.2, 0) is 6.42 Å². The monoisotopic (exact) mass is 232 g/mol. The van der Waals surface area contributed by atoms with Gasteiger partial charge in [-0.3, -0.25) is 0 Å². The van der Waals surface area contributed by atoms with Crippen molar-refractivity contribution >= 4 is 5.95 Å². The average molecular weight is 232 g/mol. The summed E-state index contributed by atoms with van der Waals surface area (Å²) in [6, 6.07) is 9.86. The highest BCUT2D eigenvalue weighted by atomic mass is 15.4. The molecule has 0 bridgehead atoms. The van der Waals surface area contributed by atoms with Gasteiger partial charge in [0.1, 0.15) is 0 Å². The largest absolute Gasteiger partial charge is 0.366 e. The van der Waals surface area contributed by atoms with Crippen LogP contribution in [0.1, 0.15) is 23.9 Å². The quantitative estimate of drug-likeness (QED) is 0.653. The molecule has 90 valence electrons. The lowest BCUT2D eigenvalue weighted by molar-refractivity contribution is 0.595. The molecule has 0 aliphatic rings. The molecule has 1 aromatic carbocycles. The second-order valence-electron chi connectivity index (χ2n) is 3.92. The highest BCUT2D eigenvalue weighted by Gasteiger charge is 2.14. The van der Waals surface area contributed by atoms with E-state index >= 15 is 0 Å². The predicted molar refractivity (Wildman–Crippen MR) is 66.3 cm³/mol. The third-order valence-corrected chi connectivity index (χ3v) is 2.67. The molecule has 6 heteroatoms. The molecule has 0 amide bonds. The smallest absolute Gasteiger partial charge is 0.240 e. The van der Waals surface area contributed by atoms with E-state index in [2.05, 4.69) is 22.3 Å². The molecule has 0 aliphatic carbocycles. The maximum absolute atomic E-state index is 6.00. The van der Waals surface area contributed by atoms with Gasteiger partial charge in [-0.05, 0) is 18.4 Å². The Bertz CT molecular complexity index is 478. The van der Waals surface area contributed by atoms with E-state index in [1.54, 1.807) is 0 Å². The number of anilines is 1. The lowest BCUT2D eigenvalue weighted by Crippen LogP contribution is -2.22. The summed E-state index contributed by atoms with van der Waals surface area (Å²) in [5.41, 5.74) is 12.7. The minimum Gasteiger partial charge on any atom is -0.366 e. The summed E-state index contributed by atoms with van der Waals surface area (Å²) in [6.07, 6.45) is 1.62. The summed E-state index contributed by atoms with van der Waals surface area (Å²) < 4.78 is 1.23. The number of rotatable bonds is 4. The zero-order chi connectivity index (χ0) is 12.3. The first-order valence-electron chi connectivity index (χ1n) is 5.44. The zero-order valence-corrected chi connectivity index (χ0v) is 9.45. The minimum absolute atomic E-state index is 0.176. The fourth-order valence-electron chi connectivity index (χ4n) is 1.66. The molecule has 0 saturated heterocycles. The fraction of sp³-hybridized carbons (Fsp3) is 0.273. The Morgan fingerprint density at radius 1 is 1.18 bits per heavy atom. The lowest BCUT2D eigenvalue weighted by Gasteiger charge is -2.10. The number of hydrogen-bond donors (Lipinski definition) is 3. The summed E-state index contributed by atoms with van der Waals surface area (Å²) in [5, 5.41) is 7.54. The van der Waals surface area contributed by atoms with Crippen LogP contribution in [-0.4, -0.2) is 14.9 Å². The summed E-state index contributed by atoms with van der Waals surface area (Å²) >= 11 is 0. The zero-order valence-electron chi connectivity index (χ0n) is 9.45. The summed E-state index contributed by atoms with van der Waals surface area (Å²) in [5.74, 6) is 6.35. The molecule has 0 fully saturated rings. The van der Waals surface area contributed by atoms with E-state index in [-0.39, 0.29) is 12.0 Å². The van der Waals surface area contributed by atoms with Crippen LogP contribution >= 0.6 is 0 Å². The summed E-state index contributed by atoms with van der Waals surface area (Å²) in [6.45, 7) is 0. The molecular weight excluding hydrogens is 216 g/mol. The highest BCUT2D eigenvalue weighted by Crippen LogP contribution is 2.14. The van der Waals surface area contributed by atoms with Crippen molar-refractivity contribution < 1.29 is 0 Å². The van der Waals surface area contributed by atoms with E-state index in [1.807, 2.05) is 18.2 Å². The van der Waals surface area contributed by atoms with Gasteiger partial charge >= 0.3 is 0 Å². The molecule has 6 nitrogen and oxygen atoms in total. The molecule has 2 aromatic rings. The highest BCUT2D eigenvalue weighted by molar-refractivity contribution is 5.19. The molecule has 1 atom stereocenters. The van der Waals surface area contributed by atoms with Crippen LogP contribution in [0.25, 0.3) is 0 Å². The Kier molecular flexibility index (Phi) is 3.24. The standard InChI is InChI=1S/C11H16N6/c12-9(10-15-16-11(13)17(10)14)7-6-8-4-2-1-3-5-8/h1-5,9H,6-7,12,14H2,(H2,13,16)/t9-/m0/s1. The van der Waals surface area contributed by atoms with E-state index in [1.165, 1.54) is 10.2 Å². The summed E-state index contributed by atoms with van der Waals surface area (Å²) in [4.78, 5) is 0. The van der Waals surface area contributed by atoms with Crippen LogP contribution in [0.5, 0.6) is 0 Å². The van der Waals surface area contributed by atoms with Gasteiger partial charge < -0.3 is 17.3 Å². The van der Waals surface area contributed by atoms with Crippen molar-refractivity contribution in [3.8, 4) is 0 Å². The molecule has 0 saturated carbocycles. The van der Waals surface area contributed by atoms with Gasteiger partial charge in [-0.25, -0.2) is 4.68 Å². The van der Waals surface area contributed by atoms with E-state index in [0.29, 0.717) is 5.82 Å². The number of hydrogen-bond acceptors (Lipinski definition) is 5. The molecular formula is C11H16N6. The minimum atomic E-state index is -0.259. The molecule has 6 N–H and O–H groups in total. The number of nitrogens with two attached hydrogens (primary N) is 3. The predicted octanol–water partition coefficient (Wildman–Crippen LogP) is 0.207. The third kappa shape index (κ3) is 2.54. The molecule has 1 heterocycles. The average Bonchev–Trinajstić information content (AvgIpc) is 2.69. The topological polar surface area (TPSA) is 109 Å². The first kappa shape index (κ1) is 11.4. The number of nitrogens with zero attached hydrogens (tertiary/aromatic N) is 3. The van der Waals surface area contributed by atoms with E-state index in [0.717, 1.165) is 12.8 Å². The van der Waals surface area contributed by atoms with Gasteiger partial charge in [-0.15, -0.1) is 10.2 Å². The van der Waals surface area contributed by atoms with Crippen LogP contribution in [0.3, 0.4) is 0 Å². The van der Waals surface area contributed by atoms with E-state index in [4.69, 9.17) is 17.3 Å². The van der Waals surface area contributed by atoms with Crippen LogP contribution < -0.4 is 17.3 Å². The fourth-order valence-corrected chi connectivity index (χ4v) is 1.66. The van der Waals surface area contributed by atoms with Crippen molar-refractivity contribution in [2.45, 2.75) is 18.9 Å². The molecule has 2 rings (SSSR count). The number of nitrogen functional groups attached to an aromatic ring is 2. The second-order valence-corrected chi connectivity index (χ2v) is 3.92. The Balaban J connectivity index is 1.98. The van der Waals surface area contributed by atoms with Crippen LogP contribution in [0.15, 0.2) is 30.3 Å². The maximum Gasteiger partial charge on any atom is 0.240 e.